The van der Waals surface area contributed by atoms with Crippen molar-refractivity contribution in [3.8, 4) is 0 Å². The highest BCUT2D eigenvalue weighted by Crippen LogP contribution is 2.06. The summed E-state index contributed by atoms with van der Waals surface area (Å²) in [5, 5.41) is 0. The van der Waals surface area contributed by atoms with E-state index in [0.717, 1.165) is 16.9 Å². The van der Waals surface area contributed by atoms with Gasteiger partial charge in [-0.05, 0) is 5.56 Å². The Labute approximate surface area is 89.1 Å². The van der Waals surface area contributed by atoms with Gasteiger partial charge in [0.1, 0.15) is 4.99 Å². The highest BCUT2D eigenvalue weighted by molar-refractivity contribution is 7.80. The molecular weight excluding hydrogens is 198 g/mol. The molecule has 3 heteroatoms. The minimum absolute atomic E-state index is 0.435. The third-order valence-corrected chi connectivity index (χ3v) is 2.06. The zero-order valence-electron chi connectivity index (χ0n) is 7.10. The zero-order valence-corrected chi connectivity index (χ0v) is 8.81. The van der Waals surface area contributed by atoms with Gasteiger partial charge in [0.15, 0.2) is 0 Å². The van der Waals surface area contributed by atoms with Crippen molar-refractivity contribution in [2.75, 3.05) is 5.75 Å². The molecule has 0 unspecified atom stereocenters. The molecule has 13 heavy (non-hydrogen) atoms. The summed E-state index contributed by atoms with van der Waals surface area (Å²) in [5.74, 6) is 0.747. The topological polar surface area (TPSA) is 26.0 Å². The first-order chi connectivity index (χ1) is 6.24. The van der Waals surface area contributed by atoms with E-state index >= 15 is 0 Å². The van der Waals surface area contributed by atoms with Crippen molar-refractivity contribution >= 4 is 35.9 Å². The monoisotopic (exact) mass is 209 g/mol. The fourth-order valence-electron chi connectivity index (χ4n) is 0.947. The number of thiol groups is 1. The Hall–Kier alpha value is -0.800. The Morgan fingerprint density at radius 1 is 1.38 bits per heavy atom. The van der Waals surface area contributed by atoms with Crippen LogP contribution in [0.3, 0.4) is 0 Å². The molecule has 1 nitrogen and oxygen atoms in total. The number of hydrogen-bond acceptors (Lipinski definition) is 2. The zero-order chi connectivity index (χ0) is 9.68. The molecule has 0 aliphatic heterocycles. The number of nitrogens with two attached hydrogens (primary N) is 1. The van der Waals surface area contributed by atoms with E-state index in [2.05, 4.69) is 12.6 Å². The van der Waals surface area contributed by atoms with Crippen LogP contribution < -0.4 is 5.73 Å². The largest absolute Gasteiger partial charge is 0.389 e. The van der Waals surface area contributed by atoms with E-state index in [1.807, 2.05) is 36.4 Å². The average molecular weight is 209 g/mol. The highest BCUT2D eigenvalue weighted by Gasteiger charge is 1.93. The van der Waals surface area contributed by atoms with E-state index < -0.39 is 0 Å². The van der Waals surface area contributed by atoms with E-state index in [9.17, 15) is 0 Å². The Balaban J connectivity index is 2.81. The third kappa shape index (κ3) is 3.20. The first kappa shape index (κ1) is 10.3. The molecule has 0 aliphatic rings. The third-order valence-electron chi connectivity index (χ3n) is 1.61. The lowest BCUT2D eigenvalue weighted by Crippen LogP contribution is -2.08. The summed E-state index contributed by atoms with van der Waals surface area (Å²) in [7, 11) is 0. The standard InChI is InChI=1S/C10H11NS2/c11-10(13)9-5-3-8(4-6-9)2-1-7-12/h1-6,12H,7H2,(H2,11,13). The number of benzene rings is 1. The lowest BCUT2D eigenvalue weighted by molar-refractivity contribution is 1.59. The molecule has 0 heterocycles. The first-order valence-corrected chi connectivity index (χ1v) is 4.95. The van der Waals surface area contributed by atoms with Crippen molar-refractivity contribution in [3.05, 3.63) is 41.5 Å². The van der Waals surface area contributed by atoms with E-state index in [0.29, 0.717) is 4.99 Å². The molecule has 0 radical (unpaired) electrons. The van der Waals surface area contributed by atoms with Gasteiger partial charge in [0, 0.05) is 11.3 Å². The molecule has 1 rings (SSSR count). The van der Waals surface area contributed by atoms with Gasteiger partial charge in [-0.3, -0.25) is 0 Å². The fraction of sp³-hybridized carbons (Fsp3) is 0.100. The van der Waals surface area contributed by atoms with Crippen molar-refractivity contribution in [1.29, 1.82) is 0 Å². The molecule has 0 saturated heterocycles. The summed E-state index contributed by atoms with van der Waals surface area (Å²) in [6.07, 6.45) is 4.00. The van der Waals surface area contributed by atoms with Gasteiger partial charge in [0.25, 0.3) is 0 Å². The molecule has 1 aromatic carbocycles. The van der Waals surface area contributed by atoms with Crippen molar-refractivity contribution < 1.29 is 0 Å². The number of hydrogen-bond donors (Lipinski definition) is 2. The Morgan fingerprint density at radius 2 is 2.00 bits per heavy atom. The summed E-state index contributed by atoms with van der Waals surface area (Å²) in [5.41, 5.74) is 7.50. The van der Waals surface area contributed by atoms with Gasteiger partial charge in [-0.25, -0.2) is 0 Å². The van der Waals surface area contributed by atoms with Gasteiger partial charge in [-0.2, -0.15) is 12.6 Å². The molecule has 0 fully saturated rings. The average Bonchev–Trinajstić information content (AvgIpc) is 2.15. The molecule has 0 aliphatic carbocycles. The molecule has 0 atom stereocenters. The van der Waals surface area contributed by atoms with Crippen LogP contribution in [0.4, 0.5) is 0 Å². The van der Waals surface area contributed by atoms with Crippen LogP contribution in [0.5, 0.6) is 0 Å². The normalized spacial score (nSPS) is 10.5. The van der Waals surface area contributed by atoms with Gasteiger partial charge in [-0.1, -0.05) is 48.6 Å². The number of thiocarbonyl (C=S) groups is 1. The quantitative estimate of drug-likeness (QED) is 0.590. The highest BCUT2D eigenvalue weighted by atomic mass is 32.1. The van der Waals surface area contributed by atoms with Crippen LogP contribution in [-0.4, -0.2) is 10.7 Å². The Bertz CT molecular complexity index is 314. The maximum absolute atomic E-state index is 5.47. The molecule has 2 N–H and O–H groups in total. The van der Waals surface area contributed by atoms with Crippen LogP contribution in [-0.2, 0) is 0 Å². The SMILES string of the molecule is NC(=S)c1ccc(C=CCS)cc1. The van der Waals surface area contributed by atoms with Crippen LogP contribution in [0.25, 0.3) is 6.08 Å². The molecule has 0 bridgehead atoms. The summed E-state index contributed by atoms with van der Waals surface area (Å²) in [6, 6.07) is 7.80. The molecule has 0 spiro atoms. The predicted octanol–water partition coefficient (Wildman–Crippen LogP) is 2.26. The second kappa shape index (κ2) is 5.04. The summed E-state index contributed by atoms with van der Waals surface area (Å²) >= 11 is 8.92. The van der Waals surface area contributed by atoms with Crippen molar-refractivity contribution in [2.24, 2.45) is 5.73 Å². The fourth-order valence-corrected chi connectivity index (χ4v) is 1.19. The molecule has 0 aromatic heterocycles. The number of rotatable bonds is 3. The summed E-state index contributed by atoms with van der Waals surface area (Å²) in [4.78, 5) is 0.435. The molecule has 0 saturated carbocycles. The smallest absolute Gasteiger partial charge is 0.103 e. The van der Waals surface area contributed by atoms with Crippen molar-refractivity contribution in [2.45, 2.75) is 0 Å². The summed E-state index contributed by atoms with van der Waals surface area (Å²) in [6.45, 7) is 0. The van der Waals surface area contributed by atoms with Crippen LogP contribution in [0.2, 0.25) is 0 Å². The first-order valence-electron chi connectivity index (χ1n) is 3.91. The van der Waals surface area contributed by atoms with Crippen LogP contribution in [0.15, 0.2) is 30.3 Å². The maximum Gasteiger partial charge on any atom is 0.103 e. The molecule has 68 valence electrons. The van der Waals surface area contributed by atoms with E-state index in [-0.39, 0.29) is 0 Å². The molecular formula is C10H11NS2. The van der Waals surface area contributed by atoms with Crippen LogP contribution in [0.1, 0.15) is 11.1 Å². The Morgan fingerprint density at radius 3 is 2.46 bits per heavy atom. The molecule has 0 amide bonds. The van der Waals surface area contributed by atoms with Gasteiger partial charge in [-0.15, -0.1) is 0 Å². The van der Waals surface area contributed by atoms with E-state index in [1.165, 1.54) is 0 Å². The lowest BCUT2D eigenvalue weighted by atomic mass is 10.1. The maximum atomic E-state index is 5.47. The van der Waals surface area contributed by atoms with Crippen LogP contribution in [0, 0.1) is 0 Å². The van der Waals surface area contributed by atoms with E-state index in [4.69, 9.17) is 18.0 Å². The van der Waals surface area contributed by atoms with Crippen molar-refractivity contribution in [1.82, 2.24) is 0 Å². The summed E-state index contributed by atoms with van der Waals surface area (Å²) < 4.78 is 0. The minimum atomic E-state index is 0.435. The lowest BCUT2D eigenvalue weighted by Gasteiger charge is -1.97. The van der Waals surface area contributed by atoms with Gasteiger partial charge >= 0.3 is 0 Å². The van der Waals surface area contributed by atoms with E-state index in [1.54, 1.807) is 0 Å². The molecule has 1 aromatic rings. The van der Waals surface area contributed by atoms with Gasteiger partial charge in [0.2, 0.25) is 0 Å². The van der Waals surface area contributed by atoms with Gasteiger partial charge in [0.05, 0.1) is 0 Å². The second-order valence-electron chi connectivity index (χ2n) is 2.57. The Kier molecular flexibility index (Phi) is 3.99. The minimum Gasteiger partial charge on any atom is -0.389 e. The van der Waals surface area contributed by atoms with Crippen molar-refractivity contribution in [3.63, 3.8) is 0 Å². The second-order valence-corrected chi connectivity index (χ2v) is 3.38. The van der Waals surface area contributed by atoms with Gasteiger partial charge < -0.3 is 5.73 Å². The van der Waals surface area contributed by atoms with Crippen LogP contribution >= 0.6 is 24.8 Å². The predicted molar refractivity (Wildman–Crippen MR) is 65.2 cm³/mol.